The molecule has 4 rings (SSSR count). The largest absolute Gasteiger partial charge is 0.456 e. The van der Waals surface area contributed by atoms with Crippen molar-refractivity contribution in [2.45, 2.75) is 6.42 Å². The lowest BCUT2D eigenvalue weighted by atomic mass is 10.2. The van der Waals surface area contributed by atoms with E-state index >= 15 is 0 Å². The molecule has 0 saturated heterocycles. The monoisotopic (exact) mass is 420 g/mol. The molecule has 0 unspecified atom stereocenters. The van der Waals surface area contributed by atoms with Crippen LogP contribution in [-0.2, 0) is 6.42 Å². The Morgan fingerprint density at radius 3 is 2.57 bits per heavy atom. The van der Waals surface area contributed by atoms with Gasteiger partial charge in [-0.15, -0.1) is 0 Å². The summed E-state index contributed by atoms with van der Waals surface area (Å²) in [6.07, 6.45) is 3.72. The van der Waals surface area contributed by atoms with Crippen molar-refractivity contribution in [1.82, 2.24) is 20.4 Å². The molecule has 0 aliphatic heterocycles. The molecule has 2 heterocycles. The summed E-state index contributed by atoms with van der Waals surface area (Å²) in [7, 11) is 0. The summed E-state index contributed by atoms with van der Waals surface area (Å²) >= 11 is 5.88. The number of pyridine rings is 1. The zero-order valence-corrected chi connectivity index (χ0v) is 16.5. The third kappa shape index (κ3) is 5.01. The molecular formula is C22H17ClN4O3. The number of hydrogen-bond donors (Lipinski definition) is 1. The molecule has 2 aromatic carbocycles. The maximum Gasteiger partial charge on any atom is 0.251 e. The number of aromatic nitrogens is 3. The van der Waals surface area contributed by atoms with Crippen molar-refractivity contribution in [3.63, 3.8) is 0 Å². The van der Waals surface area contributed by atoms with Crippen LogP contribution in [0.3, 0.4) is 0 Å². The minimum atomic E-state index is -0.194. The minimum Gasteiger partial charge on any atom is -0.456 e. The highest BCUT2D eigenvalue weighted by molar-refractivity contribution is 6.30. The van der Waals surface area contributed by atoms with Gasteiger partial charge < -0.3 is 14.6 Å². The first-order valence-electron chi connectivity index (χ1n) is 9.22. The van der Waals surface area contributed by atoms with Crippen LogP contribution >= 0.6 is 11.6 Å². The average Bonchev–Trinajstić information content (AvgIpc) is 3.24. The molecule has 7 nitrogen and oxygen atoms in total. The highest BCUT2D eigenvalue weighted by atomic mass is 35.5. The van der Waals surface area contributed by atoms with Crippen LogP contribution in [0.5, 0.6) is 11.5 Å². The van der Waals surface area contributed by atoms with Crippen LogP contribution in [0.4, 0.5) is 0 Å². The van der Waals surface area contributed by atoms with Crippen LogP contribution in [0.15, 0.2) is 77.6 Å². The van der Waals surface area contributed by atoms with E-state index in [1.54, 1.807) is 54.9 Å². The minimum absolute atomic E-state index is 0.194. The molecule has 0 bridgehead atoms. The van der Waals surface area contributed by atoms with Crippen molar-refractivity contribution in [3.8, 4) is 22.9 Å². The van der Waals surface area contributed by atoms with Crippen LogP contribution in [-0.4, -0.2) is 27.6 Å². The molecule has 2 aromatic heterocycles. The van der Waals surface area contributed by atoms with Gasteiger partial charge in [-0.3, -0.25) is 9.78 Å². The zero-order chi connectivity index (χ0) is 20.8. The number of ether oxygens (including phenoxy) is 1. The van der Waals surface area contributed by atoms with E-state index < -0.39 is 0 Å². The topological polar surface area (TPSA) is 90.1 Å². The van der Waals surface area contributed by atoms with Gasteiger partial charge in [0.25, 0.3) is 5.91 Å². The van der Waals surface area contributed by atoms with E-state index in [2.05, 4.69) is 20.4 Å². The highest BCUT2D eigenvalue weighted by Gasteiger charge is 2.10. The van der Waals surface area contributed by atoms with E-state index in [-0.39, 0.29) is 5.91 Å². The molecule has 1 amide bonds. The number of rotatable bonds is 7. The van der Waals surface area contributed by atoms with Crippen molar-refractivity contribution in [2.24, 2.45) is 0 Å². The second kappa shape index (κ2) is 9.19. The second-order valence-electron chi connectivity index (χ2n) is 6.34. The normalized spacial score (nSPS) is 10.6. The Hall–Kier alpha value is -3.71. The molecule has 0 spiro atoms. The fourth-order valence-corrected chi connectivity index (χ4v) is 2.80. The van der Waals surface area contributed by atoms with Gasteiger partial charge in [0.05, 0.1) is 6.20 Å². The number of hydrogen-bond acceptors (Lipinski definition) is 6. The first kappa shape index (κ1) is 19.6. The maximum atomic E-state index is 12.3. The SMILES string of the molecule is O=C(NCCc1nc(-c2ccc(Cl)cc2)no1)c1ccc(Oc2cccnc2)cc1. The lowest BCUT2D eigenvalue weighted by Crippen LogP contribution is -2.25. The molecular weight excluding hydrogens is 404 g/mol. The Morgan fingerprint density at radius 2 is 1.83 bits per heavy atom. The van der Waals surface area contributed by atoms with Crippen molar-refractivity contribution >= 4 is 17.5 Å². The average molecular weight is 421 g/mol. The quantitative estimate of drug-likeness (QED) is 0.471. The standard InChI is InChI=1S/C22H17ClN4O3/c23-17-7-3-15(4-8-17)21-26-20(30-27-21)11-13-25-22(28)16-5-9-18(10-6-16)29-19-2-1-12-24-14-19/h1-10,12,14H,11,13H2,(H,25,28). The van der Waals surface area contributed by atoms with Gasteiger partial charge >= 0.3 is 0 Å². The summed E-state index contributed by atoms with van der Waals surface area (Å²) in [6.45, 7) is 0.370. The molecule has 1 N–H and O–H groups in total. The van der Waals surface area contributed by atoms with Crippen LogP contribution in [0.25, 0.3) is 11.4 Å². The number of carbonyl (C=O) groups is 1. The molecule has 0 fully saturated rings. The Bertz CT molecular complexity index is 1110. The van der Waals surface area contributed by atoms with E-state index in [9.17, 15) is 4.79 Å². The van der Waals surface area contributed by atoms with E-state index in [0.29, 0.717) is 46.8 Å². The van der Waals surface area contributed by atoms with Gasteiger partial charge in [0.15, 0.2) is 0 Å². The van der Waals surface area contributed by atoms with Gasteiger partial charge in [0, 0.05) is 35.3 Å². The summed E-state index contributed by atoms with van der Waals surface area (Å²) in [5.41, 5.74) is 1.34. The fourth-order valence-electron chi connectivity index (χ4n) is 2.68. The fraction of sp³-hybridized carbons (Fsp3) is 0.0909. The van der Waals surface area contributed by atoms with Gasteiger partial charge in [-0.25, -0.2) is 0 Å². The van der Waals surface area contributed by atoms with Gasteiger partial charge in [-0.2, -0.15) is 4.98 Å². The number of halogens is 1. The first-order valence-corrected chi connectivity index (χ1v) is 9.60. The second-order valence-corrected chi connectivity index (χ2v) is 6.78. The van der Waals surface area contributed by atoms with E-state index in [1.165, 1.54) is 0 Å². The summed E-state index contributed by atoms with van der Waals surface area (Å²) < 4.78 is 10.9. The Morgan fingerprint density at radius 1 is 1.03 bits per heavy atom. The third-order valence-corrected chi connectivity index (χ3v) is 4.43. The van der Waals surface area contributed by atoms with Crippen LogP contribution in [0.1, 0.15) is 16.2 Å². The van der Waals surface area contributed by atoms with Gasteiger partial charge in [0.2, 0.25) is 11.7 Å². The van der Waals surface area contributed by atoms with E-state index in [1.807, 2.05) is 18.2 Å². The first-order chi connectivity index (χ1) is 14.7. The molecule has 0 atom stereocenters. The van der Waals surface area contributed by atoms with Crippen LogP contribution in [0, 0.1) is 0 Å². The van der Waals surface area contributed by atoms with Crippen LogP contribution < -0.4 is 10.1 Å². The summed E-state index contributed by atoms with van der Waals surface area (Å²) in [5, 5.41) is 7.43. The molecule has 0 radical (unpaired) electrons. The molecule has 30 heavy (non-hydrogen) atoms. The maximum absolute atomic E-state index is 12.3. The Kier molecular flexibility index (Phi) is 6.01. The van der Waals surface area contributed by atoms with Crippen molar-refractivity contribution in [3.05, 3.63) is 89.5 Å². The van der Waals surface area contributed by atoms with Gasteiger partial charge in [0.1, 0.15) is 11.5 Å². The van der Waals surface area contributed by atoms with Crippen molar-refractivity contribution < 1.29 is 14.1 Å². The number of nitrogens with zero attached hydrogens (tertiary/aromatic N) is 3. The molecule has 150 valence electrons. The summed E-state index contributed by atoms with van der Waals surface area (Å²) in [5.74, 6) is 1.99. The summed E-state index contributed by atoms with van der Waals surface area (Å²) in [6, 6.07) is 17.6. The van der Waals surface area contributed by atoms with Gasteiger partial charge in [-0.05, 0) is 60.7 Å². The molecule has 0 aliphatic rings. The number of carbonyl (C=O) groups excluding carboxylic acids is 1. The molecule has 0 aliphatic carbocycles. The van der Waals surface area contributed by atoms with Crippen molar-refractivity contribution in [1.29, 1.82) is 0 Å². The Labute approximate surface area is 177 Å². The third-order valence-electron chi connectivity index (χ3n) is 4.18. The van der Waals surface area contributed by atoms with E-state index in [4.69, 9.17) is 20.9 Å². The van der Waals surface area contributed by atoms with Crippen LogP contribution in [0.2, 0.25) is 5.02 Å². The Balaban J connectivity index is 1.28. The molecule has 8 heteroatoms. The predicted octanol–water partition coefficient (Wildman–Crippen LogP) is 4.55. The smallest absolute Gasteiger partial charge is 0.251 e. The predicted molar refractivity (Wildman–Crippen MR) is 112 cm³/mol. The number of amides is 1. The highest BCUT2D eigenvalue weighted by Crippen LogP contribution is 2.21. The number of nitrogens with one attached hydrogen (secondary N) is 1. The van der Waals surface area contributed by atoms with Crippen molar-refractivity contribution in [2.75, 3.05) is 6.54 Å². The number of benzene rings is 2. The van der Waals surface area contributed by atoms with Gasteiger partial charge in [-0.1, -0.05) is 16.8 Å². The molecule has 0 saturated carbocycles. The van der Waals surface area contributed by atoms with E-state index in [0.717, 1.165) is 5.56 Å². The zero-order valence-electron chi connectivity index (χ0n) is 15.8. The molecule has 4 aromatic rings. The lowest BCUT2D eigenvalue weighted by molar-refractivity contribution is 0.0953. The summed E-state index contributed by atoms with van der Waals surface area (Å²) in [4.78, 5) is 20.7. The lowest BCUT2D eigenvalue weighted by Gasteiger charge is -2.07.